The van der Waals surface area contributed by atoms with E-state index in [-0.39, 0.29) is 11.7 Å². The molecule has 6 heteroatoms. The number of nitrogens with one attached hydrogen (secondary N) is 1. The number of benzene rings is 1. The number of ether oxygens (including phenoxy) is 2. The molecule has 0 unspecified atom stereocenters. The van der Waals surface area contributed by atoms with Crippen LogP contribution in [0.4, 0.5) is 4.79 Å². The molecule has 1 amide bonds. The number of nitrogens with zero attached hydrogens (tertiary/aromatic N) is 1. The molecule has 1 aliphatic heterocycles. The smallest absolute Gasteiger partial charge is 0.407 e. The molecule has 0 saturated carbocycles. The van der Waals surface area contributed by atoms with Crippen LogP contribution < -0.4 is 10.1 Å². The molecular formula is C19H31ClN2O3. The molecule has 1 aliphatic rings. The molecule has 0 aliphatic carbocycles. The molecule has 25 heavy (non-hydrogen) atoms. The van der Waals surface area contributed by atoms with Gasteiger partial charge in [-0.25, -0.2) is 4.79 Å². The van der Waals surface area contributed by atoms with Crippen molar-refractivity contribution in [1.82, 2.24) is 10.2 Å². The van der Waals surface area contributed by atoms with E-state index >= 15 is 0 Å². The van der Waals surface area contributed by atoms with Crippen LogP contribution in [0.3, 0.4) is 0 Å². The SMILES string of the molecule is CCOc1ccc(CN2CCCC2)cc1Cl.CNC(=O)OC(C)(C)C. The third-order valence-corrected chi connectivity index (χ3v) is 3.80. The van der Waals surface area contributed by atoms with Crippen molar-refractivity contribution < 1.29 is 14.3 Å². The molecule has 1 heterocycles. The fraction of sp³-hybridized carbons (Fsp3) is 0.632. The first-order valence-electron chi connectivity index (χ1n) is 8.79. The zero-order chi connectivity index (χ0) is 18.9. The average Bonchev–Trinajstić information content (AvgIpc) is 3.02. The van der Waals surface area contributed by atoms with Crippen molar-refractivity contribution in [3.05, 3.63) is 28.8 Å². The number of hydrogen-bond donors (Lipinski definition) is 1. The number of rotatable bonds is 4. The van der Waals surface area contributed by atoms with E-state index < -0.39 is 0 Å². The molecule has 0 aromatic heterocycles. The predicted octanol–water partition coefficient (Wildman–Crippen LogP) is 4.48. The summed E-state index contributed by atoms with van der Waals surface area (Å²) in [6, 6.07) is 6.09. The molecule has 1 aromatic carbocycles. The van der Waals surface area contributed by atoms with Gasteiger partial charge in [-0.05, 0) is 71.3 Å². The number of carbonyl (C=O) groups is 1. The van der Waals surface area contributed by atoms with Crippen LogP contribution in [0.2, 0.25) is 5.02 Å². The summed E-state index contributed by atoms with van der Waals surface area (Å²) in [6.07, 6.45) is 2.26. The first kappa shape index (κ1) is 21.6. The van der Waals surface area contributed by atoms with Gasteiger partial charge in [0, 0.05) is 13.6 Å². The van der Waals surface area contributed by atoms with Crippen molar-refractivity contribution in [3.8, 4) is 5.75 Å². The molecule has 0 radical (unpaired) electrons. The van der Waals surface area contributed by atoms with Crippen LogP contribution in [0.15, 0.2) is 18.2 Å². The average molecular weight is 371 g/mol. The largest absolute Gasteiger partial charge is 0.492 e. The second-order valence-electron chi connectivity index (χ2n) is 6.93. The predicted molar refractivity (Wildman–Crippen MR) is 102 cm³/mol. The topological polar surface area (TPSA) is 50.8 Å². The van der Waals surface area contributed by atoms with Gasteiger partial charge < -0.3 is 14.8 Å². The highest BCUT2D eigenvalue weighted by atomic mass is 35.5. The van der Waals surface area contributed by atoms with Gasteiger partial charge >= 0.3 is 6.09 Å². The van der Waals surface area contributed by atoms with E-state index in [1.807, 2.05) is 39.8 Å². The number of alkyl carbamates (subject to hydrolysis) is 1. The lowest BCUT2D eigenvalue weighted by atomic mass is 10.2. The monoisotopic (exact) mass is 370 g/mol. The lowest BCUT2D eigenvalue weighted by Gasteiger charge is -2.18. The molecule has 1 saturated heterocycles. The molecule has 0 atom stereocenters. The summed E-state index contributed by atoms with van der Waals surface area (Å²) < 4.78 is 10.3. The summed E-state index contributed by atoms with van der Waals surface area (Å²) >= 11 is 6.15. The van der Waals surface area contributed by atoms with Crippen LogP contribution in [0.5, 0.6) is 5.75 Å². The Kier molecular flexibility index (Phi) is 9.08. The third-order valence-electron chi connectivity index (χ3n) is 3.50. The lowest BCUT2D eigenvalue weighted by molar-refractivity contribution is 0.0541. The highest BCUT2D eigenvalue weighted by Crippen LogP contribution is 2.26. The summed E-state index contributed by atoms with van der Waals surface area (Å²) in [7, 11) is 1.54. The van der Waals surface area contributed by atoms with E-state index in [2.05, 4.69) is 16.3 Å². The fourth-order valence-corrected chi connectivity index (χ4v) is 2.70. The standard InChI is InChI=1S/C13H18ClNO.C6H13NO2/c1-2-16-13-6-5-11(9-12(13)14)10-15-7-3-4-8-15;1-6(2,3)9-5(8)7-4/h5-6,9H,2-4,7-8,10H2,1H3;1-4H3,(H,7,8). The molecule has 1 fully saturated rings. The number of carbonyl (C=O) groups excluding carboxylic acids is 1. The number of amides is 1. The maximum absolute atomic E-state index is 10.5. The molecule has 142 valence electrons. The number of halogens is 1. The van der Waals surface area contributed by atoms with E-state index in [4.69, 9.17) is 21.1 Å². The molecule has 2 rings (SSSR count). The Morgan fingerprint density at radius 3 is 2.36 bits per heavy atom. The number of likely N-dealkylation sites (tertiary alicyclic amines) is 1. The Morgan fingerprint density at radius 2 is 1.92 bits per heavy atom. The minimum Gasteiger partial charge on any atom is -0.492 e. The Morgan fingerprint density at radius 1 is 1.28 bits per heavy atom. The van der Waals surface area contributed by atoms with Gasteiger partial charge in [0.1, 0.15) is 11.4 Å². The van der Waals surface area contributed by atoms with E-state index in [0.717, 1.165) is 17.3 Å². The van der Waals surface area contributed by atoms with Crippen molar-refractivity contribution in [3.63, 3.8) is 0 Å². The highest BCUT2D eigenvalue weighted by molar-refractivity contribution is 6.32. The van der Waals surface area contributed by atoms with Gasteiger partial charge in [-0.2, -0.15) is 0 Å². The van der Waals surface area contributed by atoms with Gasteiger partial charge in [0.15, 0.2) is 0 Å². The number of hydrogen-bond acceptors (Lipinski definition) is 4. The minimum absolute atomic E-state index is 0.387. The van der Waals surface area contributed by atoms with E-state index in [1.54, 1.807) is 0 Å². The molecular weight excluding hydrogens is 340 g/mol. The van der Waals surface area contributed by atoms with Gasteiger partial charge in [0.25, 0.3) is 0 Å². The quantitative estimate of drug-likeness (QED) is 0.849. The van der Waals surface area contributed by atoms with Crippen molar-refractivity contribution in [2.75, 3.05) is 26.7 Å². The van der Waals surface area contributed by atoms with Crippen LogP contribution >= 0.6 is 11.6 Å². The van der Waals surface area contributed by atoms with Crippen LogP contribution in [-0.2, 0) is 11.3 Å². The second kappa shape index (κ2) is 10.5. The van der Waals surface area contributed by atoms with Crippen molar-refractivity contribution in [1.29, 1.82) is 0 Å². The second-order valence-corrected chi connectivity index (χ2v) is 7.34. The summed E-state index contributed by atoms with van der Waals surface area (Å²) in [6.45, 7) is 11.5. The molecule has 0 bridgehead atoms. The Labute approximate surface area is 156 Å². The van der Waals surface area contributed by atoms with Crippen LogP contribution in [0.1, 0.15) is 46.1 Å². The van der Waals surface area contributed by atoms with Crippen LogP contribution in [-0.4, -0.2) is 43.3 Å². The molecule has 0 spiro atoms. The van der Waals surface area contributed by atoms with Gasteiger partial charge in [-0.1, -0.05) is 17.7 Å². The van der Waals surface area contributed by atoms with Gasteiger partial charge in [-0.3, -0.25) is 4.90 Å². The van der Waals surface area contributed by atoms with Crippen molar-refractivity contribution in [2.45, 2.75) is 52.7 Å². The first-order valence-corrected chi connectivity index (χ1v) is 9.17. The van der Waals surface area contributed by atoms with E-state index in [1.165, 1.54) is 38.5 Å². The fourth-order valence-electron chi connectivity index (χ4n) is 2.44. The van der Waals surface area contributed by atoms with Gasteiger partial charge in [0.2, 0.25) is 0 Å². The molecule has 1 N–H and O–H groups in total. The summed E-state index contributed by atoms with van der Waals surface area (Å²) in [4.78, 5) is 13.0. The van der Waals surface area contributed by atoms with Crippen molar-refractivity contribution >= 4 is 17.7 Å². The van der Waals surface area contributed by atoms with Crippen LogP contribution in [0, 0.1) is 0 Å². The zero-order valence-corrected chi connectivity index (χ0v) is 16.8. The first-order chi connectivity index (χ1) is 11.7. The Bertz CT molecular complexity index is 538. The summed E-state index contributed by atoms with van der Waals surface area (Å²) in [5.74, 6) is 0.786. The normalized spacial score (nSPS) is 14.5. The maximum Gasteiger partial charge on any atom is 0.407 e. The van der Waals surface area contributed by atoms with E-state index in [0.29, 0.717) is 6.61 Å². The zero-order valence-electron chi connectivity index (χ0n) is 16.0. The van der Waals surface area contributed by atoms with Crippen LogP contribution in [0.25, 0.3) is 0 Å². The van der Waals surface area contributed by atoms with Gasteiger partial charge in [0.05, 0.1) is 11.6 Å². The van der Waals surface area contributed by atoms with E-state index in [9.17, 15) is 4.79 Å². The van der Waals surface area contributed by atoms with Crippen molar-refractivity contribution in [2.24, 2.45) is 0 Å². The lowest BCUT2D eigenvalue weighted by Crippen LogP contribution is -2.30. The molecule has 5 nitrogen and oxygen atoms in total. The molecule has 1 aromatic rings. The summed E-state index contributed by atoms with van der Waals surface area (Å²) in [5.41, 5.74) is 0.885. The minimum atomic E-state index is -0.389. The highest BCUT2D eigenvalue weighted by Gasteiger charge is 2.14. The Hall–Kier alpha value is -1.46. The summed E-state index contributed by atoms with van der Waals surface area (Å²) in [5, 5.41) is 3.08. The van der Waals surface area contributed by atoms with Gasteiger partial charge in [-0.15, -0.1) is 0 Å². The Balaban J connectivity index is 0.000000299. The maximum atomic E-state index is 10.5. The third kappa shape index (κ3) is 8.98.